The Morgan fingerprint density at radius 3 is 3.04 bits per heavy atom. The average molecular weight is 406 g/mol. The molecule has 0 fully saturated rings. The second-order valence-electron chi connectivity index (χ2n) is 5.00. The zero-order valence-corrected chi connectivity index (χ0v) is 14.9. The number of nitrogens with one attached hydrogen (secondary N) is 2. The number of benzene rings is 1. The van der Waals surface area contributed by atoms with Crippen LogP contribution in [0.3, 0.4) is 0 Å². The number of hydrogen-bond acceptors (Lipinski definition) is 7. The molecule has 0 spiro atoms. The van der Waals surface area contributed by atoms with E-state index in [-0.39, 0.29) is 5.75 Å². The smallest absolute Gasteiger partial charge is 0.228 e. The minimum Gasteiger partial charge on any atom is -0.508 e. The van der Waals surface area contributed by atoms with Gasteiger partial charge in [-0.1, -0.05) is 11.8 Å². The molecule has 4 rings (SSSR count). The zero-order chi connectivity index (χ0) is 16.7. The third-order valence-corrected chi connectivity index (χ3v) is 4.52. The minimum absolute atomic E-state index is 0.203. The van der Waals surface area contributed by atoms with Gasteiger partial charge in [-0.25, -0.2) is 9.97 Å². The molecule has 0 amide bonds. The van der Waals surface area contributed by atoms with Crippen molar-refractivity contribution in [2.45, 2.75) is 11.7 Å². The molecule has 10 heteroatoms. The summed E-state index contributed by atoms with van der Waals surface area (Å²) >= 11 is 4.90. The van der Waals surface area contributed by atoms with E-state index in [2.05, 4.69) is 46.3 Å². The summed E-state index contributed by atoms with van der Waals surface area (Å²) in [6.45, 7) is 0.437. The first-order valence-electron chi connectivity index (χ1n) is 7.01. The molecule has 0 aliphatic rings. The lowest BCUT2D eigenvalue weighted by molar-refractivity contribution is 0.476. The molecular formula is C14H12BrN7OS. The van der Waals surface area contributed by atoms with Gasteiger partial charge in [0.25, 0.3) is 0 Å². The fourth-order valence-electron chi connectivity index (χ4n) is 2.33. The number of nitrogens with zero attached hydrogens (tertiary/aromatic N) is 5. The molecule has 4 aromatic rings. The molecule has 0 bridgehead atoms. The number of H-pyrrole nitrogens is 1. The Labute approximate surface area is 148 Å². The van der Waals surface area contributed by atoms with Gasteiger partial charge in [0, 0.05) is 6.07 Å². The highest BCUT2D eigenvalue weighted by molar-refractivity contribution is 9.10. The van der Waals surface area contributed by atoms with E-state index in [9.17, 15) is 5.11 Å². The van der Waals surface area contributed by atoms with Crippen LogP contribution in [-0.2, 0) is 6.54 Å². The van der Waals surface area contributed by atoms with E-state index in [4.69, 9.17) is 0 Å². The van der Waals surface area contributed by atoms with Crippen molar-refractivity contribution in [2.75, 3.05) is 11.6 Å². The highest BCUT2D eigenvalue weighted by Crippen LogP contribution is 2.22. The maximum atomic E-state index is 9.53. The van der Waals surface area contributed by atoms with Gasteiger partial charge in [-0.2, -0.15) is 14.6 Å². The van der Waals surface area contributed by atoms with E-state index in [0.29, 0.717) is 23.3 Å². The molecule has 0 saturated heterocycles. The van der Waals surface area contributed by atoms with Gasteiger partial charge in [0.2, 0.25) is 5.95 Å². The Bertz CT molecular complexity index is 1040. The number of hydrogen-bond donors (Lipinski definition) is 3. The predicted molar refractivity (Wildman–Crippen MR) is 95.3 cm³/mol. The number of aromatic amines is 1. The van der Waals surface area contributed by atoms with Crippen LogP contribution in [0.4, 0.5) is 5.95 Å². The van der Waals surface area contributed by atoms with Crippen LogP contribution in [0.2, 0.25) is 0 Å². The molecule has 3 aromatic heterocycles. The van der Waals surface area contributed by atoms with Crippen LogP contribution in [-0.4, -0.2) is 40.9 Å². The lowest BCUT2D eigenvalue weighted by atomic mass is 10.3. The van der Waals surface area contributed by atoms with Crippen LogP contribution >= 0.6 is 27.7 Å². The fraction of sp³-hybridized carbons (Fsp3) is 0.143. The van der Waals surface area contributed by atoms with E-state index in [0.717, 1.165) is 21.3 Å². The van der Waals surface area contributed by atoms with Crippen molar-refractivity contribution in [2.24, 2.45) is 0 Å². The summed E-state index contributed by atoms with van der Waals surface area (Å²) in [6.07, 6.45) is 3.61. The summed E-state index contributed by atoms with van der Waals surface area (Å²) in [7, 11) is 0. The van der Waals surface area contributed by atoms with E-state index >= 15 is 0 Å². The van der Waals surface area contributed by atoms with Gasteiger partial charge in [-0.15, -0.1) is 0 Å². The topological polar surface area (TPSA) is 104 Å². The Kier molecular flexibility index (Phi) is 3.77. The van der Waals surface area contributed by atoms with E-state index in [1.54, 1.807) is 28.9 Å². The van der Waals surface area contributed by atoms with E-state index in [1.165, 1.54) is 11.8 Å². The number of anilines is 1. The molecule has 1 aromatic carbocycles. The van der Waals surface area contributed by atoms with Crippen LogP contribution < -0.4 is 5.32 Å². The number of thioether (sulfide) groups is 1. The molecule has 0 aliphatic heterocycles. The van der Waals surface area contributed by atoms with E-state index in [1.807, 2.05) is 6.26 Å². The molecule has 0 unspecified atom stereocenters. The molecule has 24 heavy (non-hydrogen) atoms. The molecular weight excluding hydrogens is 394 g/mol. The average Bonchev–Trinajstić information content (AvgIpc) is 3.15. The van der Waals surface area contributed by atoms with E-state index < -0.39 is 0 Å². The Balaban J connectivity index is 1.66. The van der Waals surface area contributed by atoms with Gasteiger partial charge in [0.1, 0.15) is 11.6 Å². The molecule has 0 saturated carbocycles. The molecule has 8 nitrogen and oxygen atoms in total. The van der Waals surface area contributed by atoms with Gasteiger partial charge >= 0.3 is 0 Å². The monoisotopic (exact) mass is 405 g/mol. The van der Waals surface area contributed by atoms with Crippen molar-refractivity contribution >= 4 is 50.3 Å². The molecule has 3 N–H and O–H groups in total. The summed E-state index contributed by atoms with van der Waals surface area (Å²) in [4.78, 5) is 16.5. The lowest BCUT2D eigenvalue weighted by Gasteiger charge is -2.07. The van der Waals surface area contributed by atoms with Crippen molar-refractivity contribution in [3.8, 4) is 5.75 Å². The summed E-state index contributed by atoms with van der Waals surface area (Å²) in [5.41, 5.74) is 2.28. The number of phenols is 1. The second kappa shape index (κ2) is 5.95. The first-order chi connectivity index (χ1) is 11.6. The maximum Gasteiger partial charge on any atom is 0.228 e. The number of fused-ring (bicyclic) bond motifs is 2. The van der Waals surface area contributed by atoms with Crippen LogP contribution in [0.15, 0.2) is 34.0 Å². The number of aromatic nitrogens is 6. The van der Waals surface area contributed by atoms with Gasteiger partial charge in [-0.05, 0) is 34.3 Å². The minimum atomic E-state index is 0.203. The normalized spacial score (nSPS) is 11.4. The van der Waals surface area contributed by atoms with Gasteiger partial charge in [0.15, 0.2) is 10.8 Å². The molecule has 0 radical (unpaired) electrons. The Morgan fingerprint density at radius 1 is 1.33 bits per heavy atom. The first kappa shape index (κ1) is 15.2. The Hall–Kier alpha value is -2.33. The third-order valence-electron chi connectivity index (χ3n) is 3.42. The zero-order valence-electron chi connectivity index (χ0n) is 12.5. The highest BCUT2D eigenvalue weighted by Gasteiger charge is 2.12. The summed E-state index contributed by atoms with van der Waals surface area (Å²) < 4.78 is 2.45. The van der Waals surface area contributed by atoms with Crippen LogP contribution in [0.1, 0.15) is 5.82 Å². The highest BCUT2D eigenvalue weighted by atomic mass is 79.9. The number of halogens is 1. The first-order valence-corrected chi connectivity index (χ1v) is 9.02. The van der Waals surface area contributed by atoms with Crippen LogP contribution in [0, 0.1) is 0 Å². The van der Waals surface area contributed by atoms with Crippen molar-refractivity contribution in [3.63, 3.8) is 0 Å². The number of phenolic OH excluding ortho intramolecular Hbond substituents is 1. The number of rotatable bonds is 4. The van der Waals surface area contributed by atoms with Crippen molar-refractivity contribution < 1.29 is 5.11 Å². The van der Waals surface area contributed by atoms with Crippen molar-refractivity contribution in [1.29, 1.82) is 0 Å². The quantitative estimate of drug-likeness (QED) is 0.448. The molecule has 0 aliphatic carbocycles. The summed E-state index contributed by atoms with van der Waals surface area (Å²) in [6, 6.07) is 5.02. The van der Waals surface area contributed by atoms with Gasteiger partial charge in [-0.3, -0.25) is 0 Å². The fourth-order valence-corrected chi connectivity index (χ4v) is 3.04. The molecule has 3 heterocycles. The third kappa shape index (κ3) is 2.67. The number of imidazole rings is 1. The standard InChI is InChI=1S/C14H12BrN7OS/c1-24-14-20-12-8(15)5-17-22(12)13(21-14)16-6-11-18-9-3-2-7(23)4-10(9)19-11/h2-5,23H,6H2,1H3,(H,18,19)(H,16,20,21). The largest absolute Gasteiger partial charge is 0.508 e. The molecule has 122 valence electrons. The van der Waals surface area contributed by atoms with Crippen LogP contribution in [0.25, 0.3) is 16.7 Å². The SMILES string of the molecule is CSc1nc(NCc2nc3ccc(O)cc3[nH]2)n2ncc(Br)c2n1. The van der Waals surface area contributed by atoms with Crippen LogP contribution in [0.5, 0.6) is 5.75 Å². The predicted octanol–water partition coefficient (Wildman–Crippen LogP) is 2.80. The van der Waals surface area contributed by atoms with Crippen molar-refractivity contribution in [1.82, 2.24) is 29.5 Å². The second-order valence-corrected chi connectivity index (χ2v) is 6.63. The van der Waals surface area contributed by atoms with Crippen molar-refractivity contribution in [3.05, 3.63) is 34.7 Å². The Morgan fingerprint density at radius 2 is 2.21 bits per heavy atom. The lowest BCUT2D eigenvalue weighted by Crippen LogP contribution is -2.10. The maximum absolute atomic E-state index is 9.53. The summed E-state index contributed by atoms with van der Waals surface area (Å²) in [5, 5.41) is 17.7. The molecule has 0 atom stereocenters. The number of aromatic hydroxyl groups is 1. The van der Waals surface area contributed by atoms with Gasteiger partial charge in [0.05, 0.1) is 28.2 Å². The summed E-state index contributed by atoms with van der Waals surface area (Å²) in [5.74, 6) is 1.52. The van der Waals surface area contributed by atoms with Gasteiger partial charge < -0.3 is 15.4 Å².